The summed E-state index contributed by atoms with van der Waals surface area (Å²) in [6, 6.07) is 7.36. The SMILES string of the molecule is CC(C)CC(CN)NC(=O)c1ccc(OCC(=O)N2C(C)CCCC2C)cc1.Cl. The summed E-state index contributed by atoms with van der Waals surface area (Å²) in [6.45, 7) is 8.83. The van der Waals surface area contributed by atoms with Gasteiger partial charge in [-0.1, -0.05) is 13.8 Å². The molecule has 1 aromatic rings. The highest BCUT2D eigenvalue weighted by Gasteiger charge is 2.29. The van der Waals surface area contributed by atoms with Gasteiger partial charge < -0.3 is 20.7 Å². The van der Waals surface area contributed by atoms with Crippen LogP contribution in [0.25, 0.3) is 0 Å². The smallest absolute Gasteiger partial charge is 0.260 e. The van der Waals surface area contributed by atoms with E-state index in [2.05, 4.69) is 33.0 Å². The fourth-order valence-electron chi connectivity index (χ4n) is 3.89. The first kappa shape index (κ1) is 25.2. The minimum Gasteiger partial charge on any atom is -0.484 e. The Bertz CT molecular complexity index is 641. The molecule has 2 rings (SSSR count). The third kappa shape index (κ3) is 7.52. The van der Waals surface area contributed by atoms with E-state index in [1.807, 2.05) is 4.90 Å². The van der Waals surface area contributed by atoms with Crippen LogP contribution in [-0.2, 0) is 4.79 Å². The molecule has 2 amide bonds. The molecule has 1 aromatic carbocycles. The Morgan fingerprint density at radius 2 is 1.76 bits per heavy atom. The molecule has 0 aromatic heterocycles. The van der Waals surface area contributed by atoms with E-state index in [1.54, 1.807) is 24.3 Å². The highest BCUT2D eigenvalue weighted by molar-refractivity contribution is 5.94. The van der Waals surface area contributed by atoms with Gasteiger partial charge in [-0.25, -0.2) is 0 Å². The van der Waals surface area contributed by atoms with E-state index < -0.39 is 0 Å². The average Bonchev–Trinajstić information content (AvgIpc) is 2.65. The van der Waals surface area contributed by atoms with Gasteiger partial charge in [0, 0.05) is 30.2 Å². The van der Waals surface area contributed by atoms with Crippen LogP contribution in [0.1, 0.15) is 63.7 Å². The van der Waals surface area contributed by atoms with Crippen LogP contribution in [0.5, 0.6) is 5.75 Å². The van der Waals surface area contributed by atoms with Crippen molar-refractivity contribution in [3.63, 3.8) is 0 Å². The number of carbonyl (C=O) groups is 2. The molecule has 0 radical (unpaired) electrons. The normalized spacial score (nSPS) is 20.0. The molecule has 1 fully saturated rings. The molecule has 3 unspecified atom stereocenters. The molecule has 7 heteroatoms. The van der Waals surface area contributed by atoms with Gasteiger partial charge in [-0.15, -0.1) is 12.4 Å². The molecule has 1 heterocycles. The van der Waals surface area contributed by atoms with Crippen LogP contribution in [0.3, 0.4) is 0 Å². The van der Waals surface area contributed by atoms with E-state index in [9.17, 15) is 9.59 Å². The highest BCUT2D eigenvalue weighted by atomic mass is 35.5. The van der Waals surface area contributed by atoms with Gasteiger partial charge in [0.25, 0.3) is 11.8 Å². The number of piperidine rings is 1. The summed E-state index contributed by atoms with van der Waals surface area (Å²) in [5, 5.41) is 2.97. The van der Waals surface area contributed by atoms with Gasteiger partial charge in [-0.05, 0) is 69.7 Å². The fraction of sp³-hybridized carbons (Fsp3) is 0.636. The lowest BCUT2D eigenvalue weighted by Crippen LogP contribution is -2.49. The molecule has 164 valence electrons. The molecule has 3 N–H and O–H groups in total. The second-order valence-corrected chi connectivity index (χ2v) is 8.28. The summed E-state index contributed by atoms with van der Waals surface area (Å²) in [7, 11) is 0. The molecule has 0 aliphatic carbocycles. The lowest BCUT2D eigenvalue weighted by Gasteiger charge is -2.38. The number of hydrogen-bond acceptors (Lipinski definition) is 4. The second kappa shape index (κ2) is 12.0. The standard InChI is InChI=1S/C22H35N3O3.ClH/c1-15(2)12-19(13-23)24-22(27)18-8-10-20(11-9-18)28-14-21(26)25-16(3)6-5-7-17(25)4;/h8-11,15-17,19H,5-7,12-14,23H2,1-4H3,(H,24,27);1H. The first-order valence-electron chi connectivity index (χ1n) is 10.4. The summed E-state index contributed by atoms with van der Waals surface area (Å²) >= 11 is 0. The summed E-state index contributed by atoms with van der Waals surface area (Å²) < 4.78 is 5.66. The van der Waals surface area contributed by atoms with E-state index in [0.717, 1.165) is 19.3 Å². The number of ether oxygens (including phenoxy) is 1. The molecule has 29 heavy (non-hydrogen) atoms. The van der Waals surface area contributed by atoms with Crippen molar-refractivity contribution in [1.82, 2.24) is 10.2 Å². The maximum atomic E-state index is 12.5. The number of nitrogens with two attached hydrogens (primary N) is 1. The van der Waals surface area contributed by atoms with Crippen molar-refractivity contribution in [2.75, 3.05) is 13.2 Å². The number of nitrogens with one attached hydrogen (secondary N) is 1. The zero-order valence-corrected chi connectivity index (χ0v) is 18.8. The second-order valence-electron chi connectivity index (χ2n) is 8.28. The van der Waals surface area contributed by atoms with Gasteiger partial charge in [-0.3, -0.25) is 9.59 Å². The lowest BCUT2D eigenvalue weighted by molar-refractivity contribution is -0.139. The van der Waals surface area contributed by atoms with Gasteiger partial charge >= 0.3 is 0 Å². The predicted molar refractivity (Wildman–Crippen MR) is 119 cm³/mol. The minimum absolute atomic E-state index is 0. The molecular formula is C22H36ClN3O3. The largest absolute Gasteiger partial charge is 0.484 e. The van der Waals surface area contributed by atoms with Crippen LogP contribution in [0.4, 0.5) is 0 Å². The number of amides is 2. The van der Waals surface area contributed by atoms with Crippen molar-refractivity contribution < 1.29 is 14.3 Å². The molecule has 6 nitrogen and oxygen atoms in total. The van der Waals surface area contributed by atoms with E-state index in [0.29, 0.717) is 23.8 Å². The number of hydrogen-bond donors (Lipinski definition) is 2. The maximum Gasteiger partial charge on any atom is 0.260 e. The van der Waals surface area contributed by atoms with Crippen molar-refractivity contribution in [2.45, 2.75) is 71.5 Å². The minimum atomic E-state index is -0.144. The Balaban J connectivity index is 0.00000420. The molecule has 1 saturated heterocycles. The van der Waals surface area contributed by atoms with E-state index in [1.165, 1.54) is 6.42 Å². The highest BCUT2D eigenvalue weighted by Crippen LogP contribution is 2.23. The van der Waals surface area contributed by atoms with Gasteiger partial charge in [0.05, 0.1) is 0 Å². The Kier molecular flexibility index (Phi) is 10.5. The van der Waals surface area contributed by atoms with Crippen LogP contribution in [0.15, 0.2) is 24.3 Å². The monoisotopic (exact) mass is 425 g/mol. The maximum absolute atomic E-state index is 12.5. The molecule has 0 saturated carbocycles. The number of likely N-dealkylation sites (tertiary alicyclic amines) is 1. The summed E-state index contributed by atoms with van der Waals surface area (Å²) in [4.78, 5) is 26.9. The quantitative estimate of drug-likeness (QED) is 0.668. The summed E-state index contributed by atoms with van der Waals surface area (Å²) in [5.74, 6) is 0.919. The number of nitrogens with zero attached hydrogens (tertiary/aromatic N) is 1. The molecular weight excluding hydrogens is 390 g/mol. The number of benzene rings is 1. The van der Waals surface area contributed by atoms with Crippen molar-refractivity contribution >= 4 is 24.2 Å². The van der Waals surface area contributed by atoms with E-state index >= 15 is 0 Å². The number of halogens is 1. The fourth-order valence-corrected chi connectivity index (χ4v) is 3.89. The van der Waals surface area contributed by atoms with Crippen LogP contribution in [0, 0.1) is 5.92 Å². The van der Waals surface area contributed by atoms with E-state index in [-0.39, 0.29) is 49.0 Å². The Morgan fingerprint density at radius 3 is 2.28 bits per heavy atom. The van der Waals surface area contributed by atoms with Gasteiger partial charge in [-0.2, -0.15) is 0 Å². The Labute approximate surface area is 181 Å². The van der Waals surface area contributed by atoms with Gasteiger partial charge in [0.2, 0.25) is 0 Å². The van der Waals surface area contributed by atoms with Gasteiger partial charge in [0.15, 0.2) is 6.61 Å². The topological polar surface area (TPSA) is 84.7 Å². The molecule has 1 aliphatic rings. The zero-order chi connectivity index (χ0) is 20.7. The summed E-state index contributed by atoms with van der Waals surface area (Å²) in [5.41, 5.74) is 6.30. The van der Waals surface area contributed by atoms with Crippen LogP contribution in [0.2, 0.25) is 0 Å². The first-order chi connectivity index (χ1) is 13.3. The van der Waals surface area contributed by atoms with Crippen LogP contribution < -0.4 is 15.8 Å². The van der Waals surface area contributed by atoms with Gasteiger partial charge in [0.1, 0.15) is 5.75 Å². The molecule has 1 aliphatic heterocycles. The number of carbonyl (C=O) groups excluding carboxylic acids is 2. The van der Waals surface area contributed by atoms with Crippen LogP contribution in [-0.4, -0.2) is 48.0 Å². The number of rotatable bonds is 8. The van der Waals surface area contributed by atoms with Crippen molar-refractivity contribution in [2.24, 2.45) is 11.7 Å². The molecule has 0 spiro atoms. The molecule has 0 bridgehead atoms. The van der Waals surface area contributed by atoms with Crippen molar-refractivity contribution in [1.29, 1.82) is 0 Å². The van der Waals surface area contributed by atoms with Crippen molar-refractivity contribution in [3.05, 3.63) is 29.8 Å². The van der Waals surface area contributed by atoms with Crippen LogP contribution >= 0.6 is 12.4 Å². The molecule has 3 atom stereocenters. The predicted octanol–water partition coefficient (Wildman–Crippen LogP) is 3.38. The zero-order valence-electron chi connectivity index (χ0n) is 18.0. The lowest BCUT2D eigenvalue weighted by atomic mass is 9.97. The first-order valence-corrected chi connectivity index (χ1v) is 10.4. The third-order valence-corrected chi connectivity index (χ3v) is 5.34. The van der Waals surface area contributed by atoms with E-state index in [4.69, 9.17) is 10.5 Å². The summed E-state index contributed by atoms with van der Waals surface area (Å²) in [6.07, 6.45) is 4.10. The Hall–Kier alpha value is -1.79. The third-order valence-electron chi connectivity index (χ3n) is 5.34. The Morgan fingerprint density at radius 1 is 1.17 bits per heavy atom. The van der Waals surface area contributed by atoms with Crippen molar-refractivity contribution in [3.8, 4) is 5.75 Å². The average molecular weight is 426 g/mol.